The van der Waals surface area contributed by atoms with Crippen LogP contribution in [-0.4, -0.2) is 56.5 Å². The number of carboxylic acid groups (broad SMARTS) is 1. The Labute approximate surface area is 230 Å². The summed E-state index contributed by atoms with van der Waals surface area (Å²) in [5.41, 5.74) is 1.22. The lowest BCUT2D eigenvalue weighted by molar-refractivity contribution is 0.0699. The largest absolute Gasteiger partial charge is 0.478 e. The van der Waals surface area contributed by atoms with E-state index < -0.39 is 31.8 Å². The van der Waals surface area contributed by atoms with E-state index in [2.05, 4.69) is 4.98 Å². The molecule has 13 heteroatoms. The third-order valence-corrected chi connectivity index (χ3v) is 9.88. The predicted octanol–water partition coefficient (Wildman–Crippen LogP) is 4.26. The quantitative estimate of drug-likeness (QED) is 0.307. The van der Waals surface area contributed by atoms with Gasteiger partial charge in [-0.2, -0.15) is 9.29 Å². The Morgan fingerprint density at radius 3 is 2.50 bits per heavy atom. The highest BCUT2D eigenvalue weighted by atomic mass is 32.2. The molecule has 10 nitrogen and oxygen atoms in total. The van der Waals surface area contributed by atoms with Crippen molar-refractivity contribution in [2.45, 2.75) is 31.2 Å². The van der Waals surface area contributed by atoms with Gasteiger partial charge in [0.1, 0.15) is 17.2 Å². The van der Waals surface area contributed by atoms with Gasteiger partial charge in [0.2, 0.25) is 25.8 Å². The fourth-order valence-electron chi connectivity index (χ4n) is 4.87. The Hall–Kier alpha value is -3.81. The molecule has 0 atom stereocenters. The molecule has 40 heavy (non-hydrogen) atoms. The number of aromatic nitrogens is 1. The number of carboxylic acids is 1. The van der Waals surface area contributed by atoms with Crippen LogP contribution in [0.2, 0.25) is 0 Å². The van der Waals surface area contributed by atoms with E-state index in [-0.39, 0.29) is 59.2 Å². The molecule has 3 heterocycles. The molecular weight excluding hydrogens is 561 g/mol. The summed E-state index contributed by atoms with van der Waals surface area (Å²) in [7, 11) is -7.54. The van der Waals surface area contributed by atoms with Crippen molar-refractivity contribution in [3.8, 4) is 11.3 Å². The van der Waals surface area contributed by atoms with Crippen molar-refractivity contribution in [1.29, 1.82) is 0 Å². The van der Waals surface area contributed by atoms with Crippen molar-refractivity contribution >= 4 is 42.9 Å². The van der Waals surface area contributed by atoms with Gasteiger partial charge in [-0.25, -0.2) is 26.0 Å². The summed E-state index contributed by atoms with van der Waals surface area (Å²) < 4.78 is 73.3. The molecule has 0 amide bonds. The van der Waals surface area contributed by atoms with Crippen LogP contribution < -0.4 is 4.31 Å². The number of halogens is 1. The minimum Gasteiger partial charge on any atom is -0.478 e. The summed E-state index contributed by atoms with van der Waals surface area (Å²) in [5.74, 6) is -1.73. The minimum atomic E-state index is -3.87. The van der Waals surface area contributed by atoms with Crippen LogP contribution in [0.25, 0.3) is 22.4 Å². The third-order valence-electron chi connectivity index (χ3n) is 6.78. The molecule has 4 aromatic rings. The number of pyridine rings is 1. The molecule has 1 aliphatic rings. The molecule has 0 saturated heterocycles. The first kappa shape index (κ1) is 27.7. The van der Waals surface area contributed by atoms with Gasteiger partial charge in [-0.15, -0.1) is 0 Å². The van der Waals surface area contributed by atoms with E-state index in [1.165, 1.54) is 34.6 Å². The Bertz CT molecular complexity index is 1840. The van der Waals surface area contributed by atoms with Gasteiger partial charge < -0.3 is 9.52 Å². The smallest absolute Gasteiger partial charge is 0.340 e. The van der Waals surface area contributed by atoms with Gasteiger partial charge in [0.05, 0.1) is 16.5 Å². The standard InChI is InChI=1S/C27H26FN3O7S2/c1-3-17-15-21-23(27(32)33)24(18-9-11-20(28)12-10-18)38-26(21)29-25(17)31(39(2,34)35)14-6-13-30-16-19-7-4-5-8-22(19)40(30,36)37/h4-5,7-12,15H,3,6,13-14,16H2,1-2H3,(H,32,33). The van der Waals surface area contributed by atoms with Gasteiger partial charge in [-0.1, -0.05) is 25.1 Å². The lowest BCUT2D eigenvalue weighted by Gasteiger charge is -2.24. The second-order valence-corrected chi connectivity index (χ2v) is 13.2. The SMILES string of the molecule is CCc1cc2c(C(=O)O)c(-c3ccc(F)cc3)oc2nc1N(CCCN1Cc2ccccc2S1(=O)=O)S(C)(=O)=O. The van der Waals surface area contributed by atoms with Crippen molar-refractivity contribution in [3.63, 3.8) is 0 Å². The number of aromatic carboxylic acids is 1. The van der Waals surface area contributed by atoms with Crippen LogP contribution in [0.15, 0.2) is 63.9 Å². The molecule has 0 aliphatic carbocycles. The van der Waals surface area contributed by atoms with E-state index in [0.717, 1.165) is 10.6 Å². The molecule has 0 fully saturated rings. The van der Waals surface area contributed by atoms with E-state index in [1.807, 2.05) is 0 Å². The lowest BCUT2D eigenvalue weighted by atomic mass is 10.0. The number of furan rings is 1. The molecule has 5 rings (SSSR count). The van der Waals surface area contributed by atoms with Crippen LogP contribution >= 0.6 is 0 Å². The first-order valence-electron chi connectivity index (χ1n) is 12.4. The monoisotopic (exact) mass is 587 g/mol. The second kappa shape index (κ2) is 10.3. The summed E-state index contributed by atoms with van der Waals surface area (Å²) in [4.78, 5) is 16.9. The molecule has 0 radical (unpaired) electrons. The highest BCUT2D eigenvalue weighted by molar-refractivity contribution is 7.92. The summed E-state index contributed by atoms with van der Waals surface area (Å²) in [6.45, 7) is 2.01. The number of carbonyl (C=O) groups is 1. The van der Waals surface area contributed by atoms with Crippen molar-refractivity contribution in [2.24, 2.45) is 0 Å². The van der Waals surface area contributed by atoms with Crippen LogP contribution in [0, 0.1) is 5.82 Å². The minimum absolute atomic E-state index is 0.0288. The number of fused-ring (bicyclic) bond motifs is 2. The fraction of sp³-hybridized carbons (Fsp3) is 0.259. The molecule has 0 saturated carbocycles. The van der Waals surface area contributed by atoms with Gasteiger partial charge in [0.25, 0.3) is 0 Å². The van der Waals surface area contributed by atoms with Crippen molar-refractivity contribution < 1.29 is 35.5 Å². The molecule has 2 aromatic heterocycles. The first-order chi connectivity index (χ1) is 18.9. The van der Waals surface area contributed by atoms with E-state index in [1.54, 1.807) is 31.2 Å². The van der Waals surface area contributed by atoms with Gasteiger partial charge in [0.15, 0.2) is 5.76 Å². The number of anilines is 1. The van der Waals surface area contributed by atoms with Crippen molar-refractivity contribution in [1.82, 2.24) is 9.29 Å². The van der Waals surface area contributed by atoms with Gasteiger partial charge >= 0.3 is 5.97 Å². The molecule has 1 aliphatic heterocycles. The molecule has 210 valence electrons. The maximum atomic E-state index is 13.5. The average Bonchev–Trinajstić information content (AvgIpc) is 3.39. The zero-order chi connectivity index (χ0) is 28.8. The predicted molar refractivity (Wildman–Crippen MR) is 147 cm³/mol. The van der Waals surface area contributed by atoms with Crippen LogP contribution in [0.3, 0.4) is 0 Å². The van der Waals surface area contributed by atoms with Crippen molar-refractivity contribution in [3.05, 3.63) is 77.1 Å². The topological polar surface area (TPSA) is 138 Å². The van der Waals surface area contributed by atoms with Crippen molar-refractivity contribution in [2.75, 3.05) is 23.7 Å². The number of aryl methyl sites for hydroxylation is 1. The zero-order valence-electron chi connectivity index (χ0n) is 21.7. The molecule has 2 aromatic carbocycles. The number of hydrogen-bond donors (Lipinski definition) is 1. The van der Waals surface area contributed by atoms with E-state index in [9.17, 15) is 31.1 Å². The summed E-state index contributed by atoms with van der Waals surface area (Å²) >= 11 is 0. The van der Waals surface area contributed by atoms with Crippen LogP contribution in [0.1, 0.15) is 34.8 Å². The normalized spacial score (nSPS) is 14.9. The number of hydrogen-bond acceptors (Lipinski definition) is 7. The Kier molecular flexibility index (Phi) is 7.15. The average molecular weight is 588 g/mol. The summed E-state index contributed by atoms with van der Waals surface area (Å²) in [6.07, 6.45) is 1.54. The van der Waals surface area contributed by atoms with E-state index in [4.69, 9.17) is 4.42 Å². The lowest BCUT2D eigenvalue weighted by Crippen LogP contribution is -2.35. The number of nitrogens with zero attached hydrogens (tertiary/aromatic N) is 3. The molecule has 0 spiro atoms. The third kappa shape index (κ3) is 4.95. The Morgan fingerprint density at radius 1 is 1.18 bits per heavy atom. The Morgan fingerprint density at radius 2 is 1.88 bits per heavy atom. The van der Waals surface area contributed by atoms with E-state index >= 15 is 0 Å². The Balaban J connectivity index is 1.50. The highest BCUT2D eigenvalue weighted by Gasteiger charge is 2.34. The molecular formula is C27H26FN3O7S2. The van der Waals surface area contributed by atoms with Gasteiger partial charge in [0, 0.05) is 25.2 Å². The second-order valence-electron chi connectivity index (χ2n) is 9.43. The summed E-state index contributed by atoms with van der Waals surface area (Å²) in [5, 5.41) is 10.1. The molecule has 0 bridgehead atoms. The zero-order valence-corrected chi connectivity index (χ0v) is 23.3. The van der Waals surface area contributed by atoms with Gasteiger partial charge in [-0.05, 0) is 60.4 Å². The van der Waals surface area contributed by atoms with Gasteiger partial charge in [-0.3, -0.25) is 4.31 Å². The summed E-state index contributed by atoms with van der Waals surface area (Å²) in [6, 6.07) is 13.4. The van der Waals surface area contributed by atoms with Crippen LogP contribution in [-0.2, 0) is 33.0 Å². The number of benzene rings is 2. The maximum Gasteiger partial charge on any atom is 0.340 e. The van der Waals surface area contributed by atoms with Crippen LogP contribution in [0.5, 0.6) is 0 Å². The highest BCUT2D eigenvalue weighted by Crippen LogP contribution is 2.36. The number of rotatable bonds is 9. The molecule has 1 N–H and O–H groups in total. The fourth-order valence-corrected chi connectivity index (χ4v) is 7.47. The van der Waals surface area contributed by atoms with E-state index in [0.29, 0.717) is 23.1 Å². The number of sulfonamides is 2. The van der Waals surface area contributed by atoms with Crippen LogP contribution in [0.4, 0.5) is 10.2 Å². The molecule has 0 unspecified atom stereocenters. The maximum absolute atomic E-state index is 13.5. The first-order valence-corrected chi connectivity index (χ1v) is 15.7.